The summed E-state index contributed by atoms with van der Waals surface area (Å²) >= 11 is 0. The Morgan fingerprint density at radius 2 is 2.03 bits per heavy atom. The number of ketones is 1. The van der Waals surface area contributed by atoms with Crippen LogP contribution in [-0.2, 0) is 14.3 Å². The highest BCUT2D eigenvalue weighted by atomic mass is 16.5. The van der Waals surface area contributed by atoms with Crippen LogP contribution in [0, 0.1) is 35.0 Å². The topological polar surface area (TPSA) is 58.6 Å². The Balaban J connectivity index is 1.33. The maximum absolute atomic E-state index is 12.2. The van der Waals surface area contributed by atoms with Gasteiger partial charge in [-0.1, -0.05) is 25.8 Å². The third-order valence-electron chi connectivity index (χ3n) is 10.9. The molecule has 5 nitrogen and oxygen atoms in total. The molecule has 196 valence electrons. The van der Waals surface area contributed by atoms with Gasteiger partial charge < -0.3 is 10.1 Å². The summed E-state index contributed by atoms with van der Waals surface area (Å²) in [7, 11) is 0. The van der Waals surface area contributed by atoms with Crippen molar-refractivity contribution in [3.63, 3.8) is 0 Å². The molecule has 0 aromatic heterocycles. The van der Waals surface area contributed by atoms with Gasteiger partial charge in [0.1, 0.15) is 5.78 Å². The van der Waals surface area contributed by atoms with Crippen LogP contribution in [0.15, 0.2) is 11.1 Å². The fourth-order valence-corrected chi connectivity index (χ4v) is 9.07. The van der Waals surface area contributed by atoms with Crippen LogP contribution in [-0.4, -0.2) is 55.0 Å². The summed E-state index contributed by atoms with van der Waals surface area (Å²) in [6.07, 6.45) is 11.8. The average molecular weight is 485 g/mol. The van der Waals surface area contributed by atoms with Crippen LogP contribution in [0.1, 0.15) is 91.9 Å². The molecule has 1 N–H and O–H groups in total. The van der Waals surface area contributed by atoms with Crippen LogP contribution in [0.3, 0.4) is 0 Å². The maximum Gasteiger partial charge on any atom is 0.216 e. The predicted octanol–water partition coefficient (Wildman–Crippen LogP) is 5.14. The van der Waals surface area contributed by atoms with Crippen molar-refractivity contribution in [1.82, 2.24) is 10.2 Å². The van der Waals surface area contributed by atoms with Crippen molar-refractivity contribution in [2.24, 2.45) is 35.0 Å². The number of amides is 1. The van der Waals surface area contributed by atoms with Crippen molar-refractivity contribution in [3.05, 3.63) is 11.1 Å². The smallest absolute Gasteiger partial charge is 0.216 e. The minimum atomic E-state index is 0.0589. The second kappa shape index (κ2) is 10.3. The molecule has 0 bridgehead atoms. The summed E-state index contributed by atoms with van der Waals surface area (Å²) in [5.74, 6) is 4.06. The van der Waals surface area contributed by atoms with Crippen molar-refractivity contribution >= 4 is 11.7 Å². The number of hydrogen-bond acceptors (Lipinski definition) is 4. The van der Waals surface area contributed by atoms with E-state index in [1.54, 1.807) is 12.5 Å². The zero-order valence-corrected chi connectivity index (χ0v) is 22.6. The van der Waals surface area contributed by atoms with Crippen LogP contribution in [0.4, 0.5) is 0 Å². The molecular weight excluding hydrogens is 436 g/mol. The SMILES string of the molecule is CC(=O)NCCN1CC(C)CC2OCC(C)=C3CC4C(CCC5CC(=O)CCC54C)C3CCCC21. The number of allylic oxidation sites excluding steroid dienone is 1. The lowest BCUT2D eigenvalue weighted by molar-refractivity contribution is -0.129. The number of carbonyl (C=O) groups is 2. The summed E-state index contributed by atoms with van der Waals surface area (Å²) in [6, 6.07) is 0.462. The largest absolute Gasteiger partial charge is 0.372 e. The van der Waals surface area contributed by atoms with Gasteiger partial charge in [0, 0.05) is 45.4 Å². The van der Waals surface area contributed by atoms with Gasteiger partial charge in [-0.25, -0.2) is 0 Å². The molecule has 4 fully saturated rings. The first-order chi connectivity index (χ1) is 16.8. The van der Waals surface area contributed by atoms with E-state index in [0.717, 1.165) is 63.8 Å². The Morgan fingerprint density at radius 3 is 2.83 bits per heavy atom. The van der Waals surface area contributed by atoms with Crippen LogP contribution >= 0.6 is 0 Å². The van der Waals surface area contributed by atoms with E-state index in [0.29, 0.717) is 35.0 Å². The van der Waals surface area contributed by atoms with Gasteiger partial charge >= 0.3 is 0 Å². The minimum absolute atomic E-state index is 0.0589. The minimum Gasteiger partial charge on any atom is -0.372 e. The molecular formula is C30H48N2O3. The van der Waals surface area contributed by atoms with Crippen molar-refractivity contribution in [2.45, 2.75) is 104 Å². The first kappa shape index (κ1) is 25.4. The first-order valence-electron chi connectivity index (χ1n) is 14.6. The monoisotopic (exact) mass is 484 g/mol. The van der Waals surface area contributed by atoms with Crippen molar-refractivity contribution in [3.8, 4) is 0 Å². The van der Waals surface area contributed by atoms with E-state index in [1.165, 1.54) is 44.1 Å². The molecule has 3 saturated carbocycles. The summed E-state index contributed by atoms with van der Waals surface area (Å²) in [5.41, 5.74) is 3.57. The van der Waals surface area contributed by atoms with Gasteiger partial charge in [-0.3, -0.25) is 14.5 Å². The number of nitrogens with one attached hydrogen (secondary N) is 1. The molecule has 3 aliphatic carbocycles. The van der Waals surface area contributed by atoms with Crippen molar-refractivity contribution in [2.75, 3.05) is 26.2 Å². The van der Waals surface area contributed by atoms with Crippen LogP contribution in [0.5, 0.6) is 0 Å². The average Bonchev–Trinajstić information content (AvgIpc) is 3.19. The third-order valence-corrected chi connectivity index (χ3v) is 10.9. The summed E-state index contributed by atoms with van der Waals surface area (Å²) in [4.78, 5) is 26.3. The molecule has 8 atom stereocenters. The number of ether oxygens (including phenoxy) is 1. The van der Waals surface area contributed by atoms with Gasteiger partial charge in [0.2, 0.25) is 5.91 Å². The Morgan fingerprint density at radius 1 is 1.20 bits per heavy atom. The van der Waals surface area contributed by atoms with Gasteiger partial charge in [0.25, 0.3) is 0 Å². The van der Waals surface area contributed by atoms with Crippen LogP contribution in [0.25, 0.3) is 0 Å². The lowest BCUT2D eigenvalue weighted by Crippen LogP contribution is -2.54. The Hall–Kier alpha value is -1.20. The summed E-state index contributed by atoms with van der Waals surface area (Å²) in [6.45, 7) is 12.4. The number of rotatable bonds is 3. The number of hydrogen-bond donors (Lipinski definition) is 1. The van der Waals surface area contributed by atoms with Gasteiger partial charge in [-0.15, -0.1) is 0 Å². The van der Waals surface area contributed by atoms with E-state index in [1.807, 2.05) is 0 Å². The third kappa shape index (κ3) is 5.01. The van der Waals surface area contributed by atoms with Crippen molar-refractivity contribution < 1.29 is 14.3 Å². The van der Waals surface area contributed by atoms with Gasteiger partial charge in [-0.2, -0.15) is 0 Å². The maximum atomic E-state index is 12.2. The standard InChI is InChI=1S/C30H48N2O3/c1-19-14-29-28(32(17-19)13-12-31-21(3)33)7-5-6-24-25-9-8-22-15-23(34)10-11-30(22,4)27(25)16-26(24)20(2)18-35-29/h19,22,24-25,27-29H,5-18H2,1-4H3,(H,31,33). The molecule has 35 heavy (non-hydrogen) atoms. The molecule has 2 heterocycles. The molecule has 0 aromatic rings. The molecule has 0 radical (unpaired) electrons. The predicted molar refractivity (Wildman–Crippen MR) is 139 cm³/mol. The highest BCUT2D eigenvalue weighted by Gasteiger charge is 2.55. The van der Waals surface area contributed by atoms with E-state index in [2.05, 4.69) is 31.0 Å². The second-order valence-electron chi connectivity index (χ2n) is 13.1. The normalized spacial score (nSPS) is 42.5. The number of carbonyl (C=O) groups excluding carboxylic acids is 2. The molecule has 2 aliphatic heterocycles. The van der Waals surface area contributed by atoms with E-state index in [9.17, 15) is 9.59 Å². The zero-order valence-electron chi connectivity index (χ0n) is 22.6. The van der Waals surface area contributed by atoms with E-state index in [4.69, 9.17) is 4.74 Å². The molecule has 5 rings (SSSR count). The molecule has 8 unspecified atom stereocenters. The van der Waals surface area contributed by atoms with E-state index >= 15 is 0 Å². The lowest BCUT2D eigenvalue weighted by Gasteiger charge is -2.52. The van der Waals surface area contributed by atoms with Gasteiger partial charge in [-0.05, 0) is 92.4 Å². The molecule has 0 aromatic carbocycles. The first-order valence-corrected chi connectivity index (χ1v) is 14.6. The number of piperidine rings is 1. The number of Topliss-reactive ketones (excluding diaryl/α,β-unsaturated/α-hetero) is 1. The molecule has 5 aliphatic rings. The molecule has 0 spiro atoms. The Kier molecular flexibility index (Phi) is 7.48. The number of fused-ring (bicyclic) bond motifs is 6. The zero-order chi connectivity index (χ0) is 24.7. The fraction of sp³-hybridized carbons (Fsp3) is 0.867. The fourth-order valence-electron chi connectivity index (χ4n) is 9.07. The number of likely N-dealkylation sites (tertiary alicyclic amines) is 1. The lowest BCUT2D eigenvalue weighted by atomic mass is 9.52. The molecule has 5 heteroatoms. The highest BCUT2D eigenvalue weighted by molar-refractivity contribution is 5.79. The Labute approximate surface area is 212 Å². The highest BCUT2D eigenvalue weighted by Crippen LogP contribution is 2.63. The summed E-state index contributed by atoms with van der Waals surface area (Å²) < 4.78 is 6.74. The summed E-state index contributed by atoms with van der Waals surface area (Å²) in [5, 5.41) is 3.00. The van der Waals surface area contributed by atoms with E-state index in [-0.39, 0.29) is 12.0 Å². The van der Waals surface area contributed by atoms with Gasteiger partial charge in [0.05, 0.1) is 12.7 Å². The molecule has 1 amide bonds. The molecule has 1 saturated heterocycles. The quantitative estimate of drug-likeness (QED) is 0.564. The van der Waals surface area contributed by atoms with E-state index < -0.39 is 0 Å². The van der Waals surface area contributed by atoms with Crippen LogP contribution in [0.2, 0.25) is 0 Å². The van der Waals surface area contributed by atoms with Crippen molar-refractivity contribution in [1.29, 1.82) is 0 Å². The van der Waals surface area contributed by atoms with Crippen LogP contribution < -0.4 is 5.32 Å². The second-order valence-corrected chi connectivity index (χ2v) is 13.1. The van der Waals surface area contributed by atoms with Gasteiger partial charge in [0.15, 0.2) is 0 Å². The Bertz CT molecular complexity index is 853. The number of nitrogens with zero attached hydrogens (tertiary/aromatic N) is 1.